The summed E-state index contributed by atoms with van der Waals surface area (Å²) in [6, 6.07) is 7.01. The van der Waals surface area contributed by atoms with Gasteiger partial charge in [-0.15, -0.1) is 0 Å². The molecule has 0 bridgehead atoms. The van der Waals surface area contributed by atoms with Gasteiger partial charge in [0.05, 0.1) is 4.99 Å². The van der Waals surface area contributed by atoms with E-state index < -0.39 is 0 Å². The van der Waals surface area contributed by atoms with Crippen LogP contribution in [0.5, 0.6) is 0 Å². The van der Waals surface area contributed by atoms with Crippen LogP contribution in [0.25, 0.3) is 0 Å². The fourth-order valence-electron chi connectivity index (χ4n) is 1.50. The van der Waals surface area contributed by atoms with Crippen LogP contribution in [0.15, 0.2) is 24.3 Å². The van der Waals surface area contributed by atoms with Crippen LogP contribution in [0.2, 0.25) is 0 Å². The van der Waals surface area contributed by atoms with Gasteiger partial charge < -0.3 is 5.73 Å². The van der Waals surface area contributed by atoms with Gasteiger partial charge in [-0.05, 0) is 20.0 Å². The minimum absolute atomic E-state index is 0.170. The van der Waals surface area contributed by atoms with E-state index in [0.29, 0.717) is 23.5 Å². The zero-order valence-electron chi connectivity index (χ0n) is 9.61. The van der Waals surface area contributed by atoms with Crippen molar-refractivity contribution in [2.75, 3.05) is 7.05 Å². The van der Waals surface area contributed by atoms with Crippen molar-refractivity contribution in [3.8, 4) is 0 Å². The van der Waals surface area contributed by atoms with E-state index in [9.17, 15) is 4.39 Å². The summed E-state index contributed by atoms with van der Waals surface area (Å²) in [5, 5.41) is 0. The SMILES string of the molecule is CC(CC(N)=S)N(C)Cc1ccccc1F. The maximum absolute atomic E-state index is 13.4. The lowest BCUT2D eigenvalue weighted by molar-refractivity contribution is 0.252. The normalized spacial score (nSPS) is 12.8. The Balaban J connectivity index is 2.60. The topological polar surface area (TPSA) is 29.3 Å². The second kappa shape index (κ2) is 5.92. The molecular weight excluding hydrogens is 223 g/mol. The lowest BCUT2D eigenvalue weighted by Gasteiger charge is -2.24. The monoisotopic (exact) mass is 240 g/mol. The molecule has 0 saturated carbocycles. The smallest absolute Gasteiger partial charge is 0.127 e. The van der Waals surface area contributed by atoms with Crippen LogP contribution in [-0.4, -0.2) is 23.0 Å². The van der Waals surface area contributed by atoms with E-state index in [1.54, 1.807) is 12.1 Å². The molecule has 0 aliphatic carbocycles. The summed E-state index contributed by atoms with van der Waals surface area (Å²) >= 11 is 4.86. The summed E-state index contributed by atoms with van der Waals surface area (Å²) in [7, 11) is 1.94. The maximum Gasteiger partial charge on any atom is 0.127 e. The average Bonchev–Trinajstić information content (AvgIpc) is 2.20. The molecule has 88 valence electrons. The molecule has 1 aromatic carbocycles. The molecule has 1 aromatic rings. The molecule has 1 unspecified atom stereocenters. The third-order valence-corrected chi connectivity index (χ3v) is 2.79. The molecular formula is C12H17FN2S. The van der Waals surface area contributed by atoms with Gasteiger partial charge >= 0.3 is 0 Å². The largest absolute Gasteiger partial charge is 0.393 e. The number of nitrogens with two attached hydrogens (primary N) is 1. The van der Waals surface area contributed by atoms with Gasteiger partial charge in [0.15, 0.2) is 0 Å². The first-order valence-corrected chi connectivity index (χ1v) is 5.63. The Labute approximate surface area is 101 Å². The van der Waals surface area contributed by atoms with Gasteiger partial charge in [0.2, 0.25) is 0 Å². The lowest BCUT2D eigenvalue weighted by atomic mass is 10.1. The standard InChI is InChI=1S/C12H17FN2S/c1-9(7-12(14)16)15(2)8-10-5-3-4-6-11(10)13/h3-6,9H,7-8H2,1-2H3,(H2,14,16). The number of thiocarbonyl (C=S) groups is 1. The van der Waals surface area contributed by atoms with E-state index in [1.165, 1.54) is 6.07 Å². The number of hydrogen-bond acceptors (Lipinski definition) is 2. The van der Waals surface area contributed by atoms with E-state index in [-0.39, 0.29) is 11.9 Å². The van der Waals surface area contributed by atoms with Crippen LogP contribution in [0, 0.1) is 5.82 Å². The number of hydrogen-bond donors (Lipinski definition) is 1. The summed E-state index contributed by atoms with van der Waals surface area (Å²) in [5.74, 6) is -0.170. The highest BCUT2D eigenvalue weighted by Crippen LogP contribution is 2.11. The second-order valence-corrected chi connectivity index (χ2v) is 4.55. The van der Waals surface area contributed by atoms with E-state index in [0.717, 1.165) is 0 Å². The van der Waals surface area contributed by atoms with Crippen LogP contribution in [0.4, 0.5) is 4.39 Å². The van der Waals surface area contributed by atoms with Crippen molar-refractivity contribution in [3.05, 3.63) is 35.6 Å². The highest BCUT2D eigenvalue weighted by molar-refractivity contribution is 7.80. The molecule has 0 spiro atoms. The fourth-order valence-corrected chi connectivity index (χ4v) is 1.74. The second-order valence-electron chi connectivity index (χ2n) is 4.03. The van der Waals surface area contributed by atoms with E-state index >= 15 is 0 Å². The van der Waals surface area contributed by atoms with Gasteiger partial charge in [-0.3, -0.25) is 4.90 Å². The van der Waals surface area contributed by atoms with Crippen molar-refractivity contribution >= 4 is 17.2 Å². The van der Waals surface area contributed by atoms with Crippen LogP contribution < -0.4 is 5.73 Å². The zero-order valence-corrected chi connectivity index (χ0v) is 10.4. The average molecular weight is 240 g/mol. The van der Waals surface area contributed by atoms with Crippen LogP contribution in [0.3, 0.4) is 0 Å². The Morgan fingerprint density at radius 3 is 2.69 bits per heavy atom. The summed E-state index contributed by atoms with van der Waals surface area (Å²) in [5.41, 5.74) is 6.18. The van der Waals surface area contributed by atoms with Gasteiger partial charge in [-0.1, -0.05) is 30.4 Å². The summed E-state index contributed by atoms with van der Waals surface area (Å²) in [6.07, 6.45) is 0.653. The van der Waals surface area contributed by atoms with Gasteiger partial charge in [0, 0.05) is 24.6 Å². The van der Waals surface area contributed by atoms with Gasteiger partial charge in [-0.25, -0.2) is 4.39 Å². The van der Waals surface area contributed by atoms with Crippen molar-refractivity contribution < 1.29 is 4.39 Å². The van der Waals surface area contributed by atoms with Crippen molar-refractivity contribution in [1.29, 1.82) is 0 Å². The third kappa shape index (κ3) is 3.87. The molecule has 0 aliphatic rings. The molecule has 0 aliphatic heterocycles. The Hall–Kier alpha value is -1.00. The molecule has 16 heavy (non-hydrogen) atoms. The predicted octanol–water partition coefficient (Wildman–Crippen LogP) is 2.32. The Morgan fingerprint density at radius 2 is 2.12 bits per heavy atom. The molecule has 4 heteroatoms. The number of halogens is 1. The van der Waals surface area contributed by atoms with Crippen LogP contribution in [-0.2, 0) is 6.54 Å². The van der Waals surface area contributed by atoms with Crippen molar-refractivity contribution in [3.63, 3.8) is 0 Å². The van der Waals surface area contributed by atoms with E-state index in [2.05, 4.69) is 0 Å². The van der Waals surface area contributed by atoms with Crippen molar-refractivity contribution in [2.45, 2.75) is 25.9 Å². The van der Waals surface area contributed by atoms with Crippen molar-refractivity contribution in [1.82, 2.24) is 4.90 Å². The molecule has 1 rings (SSSR count). The molecule has 2 nitrogen and oxygen atoms in total. The van der Waals surface area contributed by atoms with Gasteiger partial charge in [-0.2, -0.15) is 0 Å². The van der Waals surface area contributed by atoms with Gasteiger partial charge in [0.25, 0.3) is 0 Å². The minimum atomic E-state index is -0.170. The quantitative estimate of drug-likeness (QED) is 0.801. The fraction of sp³-hybridized carbons (Fsp3) is 0.417. The Bertz CT molecular complexity index is 368. The predicted molar refractivity (Wildman–Crippen MR) is 68.7 cm³/mol. The number of rotatable bonds is 5. The molecule has 0 saturated heterocycles. The van der Waals surface area contributed by atoms with E-state index in [1.807, 2.05) is 24.9 Å². The molecule has 0 fully saturated rings. The molecule has 0 aromatic heterocycles. The molecule has 0 heterocycles. The highest BCUT2D eigenvalue weighted by Gasteiger charge is 2.12. The summed E-state index contributed by atoms with van der Waals surface area (Å²) in [4.78, 5) is 2.53. The number of benzene rings is 1. The first-order valence-electron chi connectivity index (χ1n) is 5.22. The zero-order chi connectivity index (χ0) is 12.1. The van der Waals surface area contributed by atoms with Crippen molar-refractivity contribution in [2.24, 2.45) is 5.73 Å². The summed E-state index contributed by atoms with van der Waals surface area (Å²) < 4.78 is 13.4. The molecule has 1 atom stereocenters. The summed E-state index contributed by atoms with van der Waals surface area (Å²) in [6.45, 7) is 2.59. The Kier molecular flexibility index (Phi) is 4.83. The molecule has 0 radical (unpaired) electrons. The van der Waals surface area contributed by atoms with Crippen LogP contribution >= 0.6 is 12.2 Å². The lowest BCUT2D eigenvalue weighted by Crippen LogP contribution is -2.32. The number of nitrogens with zero attached hydrogens (tertiary/aromatic N) is 1. The molecule has 0 amide bonds. The van der Waals surface area contributed by atoms with E-state index in [4.69, 9.17) is 18.0 Å². The Morgan fingerprint density at radius 1 is 1.50 bits per heavy atom. The van der Waals surface area contributed by atoms with Gasteiger partial charge in [0.1, 0.15) is 5.82 Å². The molecule has 2 N–H and O–H groups in total. The van der Waals surface area contributed by atoms with Crippen LogP contribution in [0.1, 0.15) is 18.9 Å². The third-order valence-electron chi connectivity index (χ3n) is 2.63. The first kappa shape index (κ1) is 13.1. The minimum Gasteiger partial charge on any atom is -0.393 e. The first-order chi connectivity index (χ1) is 7.50. The maximum atomic E-state index is 13.4. The highest BCUT2D eigenvalue weighted by atomic mass is 32.1.